The summed E-state index contributed by atoms with van der Waals surface area (Å²) in [5, 5.41) is 4.57. The molecule has 0 heterocycles. The van der Waals surface area contributed by atoms with Gasteiger partial charge in [0.1, 0.15) is 0 Å². The summed E-state index contributed by atoms with van der Waals surface area (Å²) in [7, 11) is 0. The molecule has 0 saturated heterocycles. The van der Waals surface area contributed by atoms with E-state index in [2.05, 4.69) is 5.14 Å². The maximum absolute atomic E-state index is 12.2. The van der Waals surface area contributed by atoms with Crippen molar-refractivity contribution in [3.63, 3.8) is 0 Å². The summed E-state index contributed by atoms with van der Waals surface area (Å²) in [6.45, 7) is 0. The highest BCUT2D eigenvalue weighted by Gasteiger charge is 2.59. The van der Waals surface area contributed by atoms with E-state index >= 15 is 0 Å². The zero-order chi connectivity index (χ0) is 9.28. The van der Waals surface area contributed by atoms with E-state index in [9.17, 15) is 17.6 Å². The lowest BCUT2D eigenvalue weighted by Gasteiger charge is -2.25. The van der Waals surface area contributed by atoms with E-state index in [4.69, 9.17) is 23.2 Å². The van der Waals surface area contributed by atoms with Crippen molar-refractivity contribution in [3.8, 4) is 0 Å². The summed E-state index contributed by atoms with van der Waals surface area (Å²) >= 11 is 9.32. The van der Waals surface area contributed by atoms with E-state index in [1.165, 1.54) is 0 Å². The molecule has 8 heteroatoms. The van der Waals surface area contributed by atoms with E-state index in [1.807, 2.05) is 0 Å². The Kier molecular flexibility index (Phi) is 3.75. The first-order valence-corrected chi connectivity index (χ1v) is 3.81. The molecule has 0 aliphatic heterocycles. The fourth-order valence-corrected chi connectivity index (χ4v) is 0.617. The van der Waals surface area contributed by atoms with Crippen LogP contribution in [-0.4, -0.2) is 16.0 Å². The van der Waals surface area contributed by atoms with E-state index in [0.717, 1.165) is 0 Å². The maximum atomic E-state index is 12.2. The number of nitrogens with two attached hydrogens (primary N) is 1. The van der Waals surface area contributed by atoms with Gasteiger partial charge in [-0.2, -0.15) is 8.78 Å². The standard InChI is InChI=1S/C3H3Cl2F4NS/c4-3(5,11-10)2(8,9)1(6)7/h1H,10H2. The molecule has 0 aromatic rings. The first kappa shape index (κ1) is 11.6. The van der Waals surface area contributed by atoms with Crippen LogP contribution < -0.4 is 5.14 Å². The van der Waals surface area contributed by atoms with E-state index in [-0.39, 0.29) is 11.9 Å². The van der Waals surface area contributed by atoms with Crippen LogP contribution in [0.4, 0.5) is 17.6 Å². The normalized spacial score (nSPS) is 14.2. The van der Waals surface area contributed by atoms with Gasteiger partial charge in [0, 0.05) is 0 Å². The molecule has 0 aromatic carbocycles. The molecular weight excluding hydrogens is 229 g/mol. The summed E-state index contributed by atoms with van der Waals surface area (Å²) in [4.78, 5) is 0. The van der Waals surface area contributed by atoms with Crippen LogP contribution in [0.5, 0.6) is 0 Å². The number of alkyl halides is 6. The lowest BCUT2D eigenvalue weighted by atomic mass is 10.4. The van der Waals surface area contributed by atoms with Gasteiger partial charge in [-0.25, -0.2) is 8.78 Å². The second-order valence-corrected chi connectivity index (χ2v) is 4.18. The Morgan fingerprint density at radius 3 is 1.73 bits per heavy atom. The molecule has 0 saturated carbocycles. The topological polar surface area (TPSA) is 26.0 Å². The molecule has 0 aromatic heterocycles. The van der Waals surface area contributed by atoms with Crippen molar-refractivity contribution < 1.29 is 17.6 Å². The van der Waals surface area contributed by atoms with Gasteiger partial charge < -0.3 is 0 Å². The third kappa shape index (κ3) is 2.27. The van der Waals surface area contributed by atoms with Crippen molar-refractivity contribution in [2.24, 2.45) is 5.14 Å². The summed E-state index contributed by atoms with van der Waals surface area (Å²) in [5.74, 6) is -4.52. The van der Waals surface area contributed by atoms with Gasteiger partial charge in [0.15, 0.2) is 0 Å². The maximum Gasteiger partial charge on any atom is 0.350 e. The van der Waals surface area contributed by atoms with Crippen LogP contribution in [-0.2, 0) is 0 Å². The molecule has 0 radical (unpaired) electrons. The Morgan fingerprint density at radius 2 is 1.64 bits per heavy atom. The molecule has 0 atom stereocenters. The Bertz CT molecular complexity index is 141. The van der Waals surface area contributed by atoms with Crippen LogP contribution in [0.25, 0.3) is 0 Å². The molecule has 0 rings (SSSR count). The third-order valence-corrected chi connectivity index (χ3v) is 2.42. The molecule has 0 aliphatic rings. The highest BCUT2D eigenvalue weighted by Crippen LogP contribution is 2.48. The largest absolute Gasteiger partial charge is 0.350 e. The van der Waals surface area contributed by atoms with Crippen LogP contribution in [0.1, 0.15) is 0 Å². The fourth-order valence-electron chi connectivity index (χ4n) is 0.206. The van der Waals surface area contributed by atoms with Gasteiger partial charge in [-0.1, -0.05) is 23.2 Å². The van der Waals surface area contributed by atoms with Gasteiger partial charge in [-0.3, -0.25) is 5.14 Å². The highest BCUT2D eigenvalue weighted by molar-refractivity contribution is 8.01. The predicted molar refractivity (Wildman–Crippen MR) is 37.2 cm³/mol. The van der Waals surface area contributed by atoms with Gasteiger partial charge in [0.05, 0.1) is 0 Å². The van der Waals surface area contributed by atoms with Crippen molar-refractivity contribution in [1.82, 2.24) is 0 Å². The Balaban J connectivity index is 4.53. The molecule has 0 spiro atoms. The first-order valence-electron chi connectivity index (χ1n) is 2.17. The molecule has 0 bridgehead atoms. The number of hydrogen-bond donors (Lipinski definition) is 1. The minimum Gasteiger partial charge on any atom is -0.275 e. The van der Waals surface area contributed by atoms with Crippen LogP contribution in [0.2, 0.25) is 0 Å². The second kappa shape index (κ2) is 3.55. The quantitative estimate of drug-likeness (QED) is 0.459. The SMILES string of the molecule is NSC(Cl)(Cl)C(F)(F)C(F)F. The van der Waals surface area contributed by atoms with Crippen molar-refractivity contribution in [2.75, 3.05) is 0 Å². The second-order valence-electron chi connectivity index (χ2n) is 1.56. The van der Waals surface area contributed by atoms with Crippen molar-refractivity contribution in [2.45, 2.75) is 16.0 Å². The van der Waals surface area contributed by atoms with E-state index in [1.54, 1.807) is 0 Å². The fraction of sp³-hybridized carbons (Fsp3) is 1.00. The number of halogens is 6. The Hall–Kier alpha value is 0.610. The monoisotopic (exact) mass is 231 g/mol. The summed E-state index contributed by atoms with van der Waals surface area (Å²) in [6, 6.07) is 0. The van der Waals surface area contributed by atoms with Crippen molar-refractivity contribution >= 4 is 35.1 Å². The summed E-state index contributed by atoms with van der Waals surface area (Å²) in [6.07, 6.45) is -3.94. The zero-order valence-corrected chi connectivity index (χ0v) is 7.16. The third-order valence-electron chi connectivity index (χ3n) is 0.810. The van der Waals surface area contributed by atoms with Gasteiger partial charge in [0.25, 0.3) is 0 Å². The lowest BCUT2D eigenvalue weighted by Crippen LogP contribution is -2.43. The van der Waals surface area contributed by atoms with Crippen LogP contribution in [0.3, 0.4) is 0 Å². The predicted octanol–water partition coefficient (Wildman–Crippen LogP) is 2.63. The van der Waals surface area contributed by atoms with Crippen LogP contribution in [0, 0.1) is 0 Å². The molecule has 1 nitrogen and oxygen atoms in total. The molecule has 68 valence electrons. The van der Waals surface area contributed by atoms with Crippen molar-refractivity contribution in [1.29, 1.82) is 0 Å². The smallest absolute Gasteiger partial charge is 0.275 e. The van der Waals surface area contributed by atoms with E-state index < -0.39 is 16.0 Å². The van der Waals surface area contributed by atoms with Gasteiger partial charge in [-0.05, 0) is 11.9 Å². The summed E-state index contributed by atoms with van der Waals surface area (Å²) in [5.41, 5.74) is 0. The average molecular weight is 232 g/mol. The molecule has 11 heavy (non-hydrogen) atoms. The number of hydrogen-bond acceptors (Lipinski definition) is 2. The average Bonchev–Trinajstić information content (AvgIpc) is 1.87. The molecular formula is C3H3Cl2F4NS. The Morgan fingerprint density at radius 1 is 1.27 bits per heavy atom. The molecule has 2 N–H and O–H groups in total. The van der Waals surface area contributed by atoms with Crippen LogP contribution >= 0.6 is 35.1 Å². The Labute approximate surface area is 74.3 Å². The minimum atomic E-state index is -4.52. The van der Waals surface area contributed by atoms with Gasteiger partial charge in [-0.15, -0.1) is 0 Å². The highest BCUT2D eigenvalue weighted by atomic mass is 35.5. The van der Waals surface area contributed by atoms with Crippen LogP contribution in [0.15, 0.2) is 0 Å². The van der Waals surface area contributed by atoms with Gasteiger partial charge >= 0.3 is 12.3 Å². The number of rotatable bonds is 3. The lowest BCUT2D eigenvalue weighted by molar-refractivity contribution is -0.123. The minimum absolute atomic E-state index is 0.237. The van der Waals surface area contributed by atoms with Crippen molar-refractivity contribution in [3.05, 3.63) is 0 Å². The summed E-state index contributed by atoms with van der Waals surface area (Å²) < 4.78 is 44.4. The molecule has 0 amide bonds. The molecule has 0 fully saturated rings. The zero-order valence-electron chi connectivity index (χ0n) is 4.83. The molecule has 0 aliphatic carbocycles. The van der Waals surface area contributed by atoms with E-state index in [0.29, 0.717) is 0 Å². The van der Waals surface area contributed by atoms with Gasteiger partial charge in [0.2, 0.25) is 3.67 Å². The molecule has 0 unspecified atom stereocenters. The first-order chi connectivity index (χ1) is 4.75.